The van der Waals surface area contributed by atoms with Gasteiger partial charge in [-0.1, -0.05) is 24.3 Å². The Labute approximate surface area is 142 Å². The van der Waals surface area contributed by atoms with Crippen LogP contribution in [0.25, 0.3) is 16.7 Å². The molecule has 0 N–H and O–H groups in total. The van der Waals surface area contributed by atoms with Gasteiger partial charge < -0.3 is 4.74 Å². The first-order valence-electron chi connectivity index (χ1n) is 7.39. The molecule has 118 valence electrons. The van der Waals surface area contributed by atoms with E-state index in [2.05, 4.69) is 10.2 Å². The maximum atomic E-state index is 12.3. The Morgan fingerprint density at radius 3 is 2.46 bits per heavy atom. The number of benzene rings is 2. The van der Waals surface area contributed by atoms with Crippen molar-refractivity contribution in [1.29, 1.82) is 0 Å². The molecule has 4 rings (SSSR count). The van der Waals surface area contributed by atoms with Crippen molar-refractivity contribution in [3.63, 3.8) is 0 Å². The topological polar surface area (TPSA) is 57.0 Å². The van der Waals surface area contributed by atoms with Gasteiger partial charge in [0.1, 0.15) is 21.6 Å². The fourth-order valence-electron chi connectivity index (χ4n) is 2.38. The molecule has 0 saturated carbocycles. The summed E-state index contributed by atoms with van der Waals surface area (Å²) >= 11 is 1.35. The van der Waals surface area contributed by atoms with Gasteiger partial charge in [0.2, 0.25) is 0 Å². The first kappa shape index (κ1) is 14.6. The highest BCUT2D eigenvalue weighted by molar-refractivity contribution is 7.12. The number of esters is 1. The first-order valence-corrected chi connectivity index (χ1v) is 8.27. The monoisotopic (exact) mass is 335 g/mol. The molecule has 0 spiro atoms. The molecule has 2 aromatic heterocycles. The van der Waals surface area contributed by atoms with E-state index in [0.29, 0.717) is 16.3 Å². The average molecular weight is 335 g/mol. The van der Waals surface area contributed by atoms with Gasteiger partial charge in [0.25, 0.3) is 0 Å². The third kappa shape index (κ3) is 2.68. The molecule has 0 radical (unpaired) electrons. The van der Waals surface area contributed by atoms with Crippen LogP contribution in [0.5, 0.6) is 5.75 Å². The lowest BCUT2D eigenvalue weighted by atomic mass is 10.2. The molecule has 24 heavy (non-hydrogen) atoms. The summed E-state index contributed by atoms with van der Waals surface area (Å²) in [7, 11) is 0. The number of ether oxygens (including phenoxy) is 1. The lowest BCUT2D eigenvalue weighted by Gasteiger charge is -2.09. The van der Waals surface area contributed by atoms with E-state index in [1.165, 1.54) is 16.1 Å². The number of nitrogens with zero attached hydrogens (tertiary/aromatic N) is 3. The number of carbonyl (C=O) groups is 1. The standard InChI is InChI=1S/C18H13N3O2S/c1-12-8-9-16(23-18(22)17-7-4-10-24-17)15(11-12)21-19-13-5-2-3-6-14(13)20-21/h2-11H,1H3. The fraction of sp³-hybridized carbons (Fsp3) is 0.0556. The van der Waals surface area contributed by atoms with E-state index in [9.17, 15) is 4.79 Å². The van der Waals surface area contributed by atoms with Crippen LogP contribution in [0.15, 0.2) is 60.0 Å². The van der Waals surface area contributed by atoms with Gasteiger partial charge in [0, 0.05) is 0 Å². The molecule has 0 bridgehead atoms. The number of rotatable bonds is 3. The van der Waals surface area contributed by atoms with Gasteiger partial charge in [-0.2, -0.15) is 0 Å². The molecule has 2 heterocycles. The highest BCUT2D eigenvalue weighted by Gasteiger charge is 2.15. The third-order valence-electron chi connectivity index (χ3n) is 3.54. The average Bonchev–Trinajstić information content (AvgIpc) is 3.25. The minimum Gasteiger partial charge on any atom is -0.420 e. The second kappa shape index (κ2) is 5.90. The molecule has 6 heteroatoms. The van der Waals surface area contributed by atoms with Gasteiger partial charge in [-0.3, -0.25) is 0 Å². The van der Waals surface area contributed by atoms with E-state index in [1.807, 2.05) is 54.8 Å². The van der Waals surface area contributed by atoms with Crippen molar-refractivity contribution in [2.24, 2.45) is 0 Å². The van der Waals surface area contributed by atoms with E-state index in [1.54, 1.807) is 12.1 Å². The molecule has 0 unspecified atom stereocenters. The largest absolute Gasteiger partial charge is 0.420 e. The minimum absolute atomic E-state index is 0.383. The number of carbonyl (C=O) groups excluding carboxylic acids is 1. The molecule has 2 aromatic carbocycles. The highest BCUT2D eigenvalue weighted by Crippen LogP contribution is 2.26. The molecular formula is C18H13N3O2S. The van der Waals surface area contributed by atoms with E-state index in [0.717, 1.165) is 16.6 Å². The summed E-state index contributed by atoms with van der Waals surface area (Å²) in [6.07, 6.45) is 0. The number of aromatic nitrogens is 3. The molecule has 0 saturated heterocycles. The van der Waals surface area contributed by atoms with Crippen LogP contribution in [0.3, 0.4) is 0 Å². The highest BCUT2D eigenvalue weighted by atomic mass is 32.1. The normalized spacial score (nSPS) is 10.9. The van der Waals surface area contributed by atoms with Crippen molar-refractivity contribution in [3.8, 4) is 11.4 Å². The van der Waals surface area contributed by atoms with Gasteiger partial charge >= 0.3 is 5.97 Å². The summed E-state index contributed by atoms with van der Waals surface area (Å²) in [6, 6.07) is 16.7. The molecule has 0 fully saturated rings. The predicted molar refractivity (Wildman–Crippen MR) is 92.9 cm³/mol. The van der Waals surface area contributed by atoms with Crippen LogP contribution in [0.4, 0.5) is 0 Å². The zero-order valence-corrected chi connectivity index (χ0v) is 13.7. The van der Waals surface area contributed by atoms with Crippen LogP contribution in [0.1, 0.15) is 15.2 Å². The number of fused-ring (bicyclic) bond motifs is 1. The minimum atomic E-state index is -0.383. The lowest BCUT2D eigenvalue weighted by Crippen LogP contribution is -2.10. The second-order valence-corrected chi connectivity index (χ2v) is 6.26. The van der Waals surface area contributed by atoms with Crippen molar-refractivity contribution in [3.05, 3.63) is 70.4 Å². The first-order chi connectivity index (χ1) is 11.7. The Hall–Kier alpha value is -2.99. The Kier molecular flexibility index (Phi) is 3.59. The number of thiophene rings is 1. The number of aryl methyl sites for hydroxylation is 1. The zero-order chi connectivity index (χ0) is 16.5. The van der Waals surface area contributed by atoms with Crippen molar-refractivity contribution < 1.29 is 9.53 Å². The van der Waals surface area contributed by atoms with E-state index in [4.69, 9.17) is 4.74 Å². The molecule has 4 aromatic rings. The van der Waals surface area contributed by atoms with Gasteiger partial charge in [0.05, 0.1) is 0 Å². The van der Waals surface area contributed by atoms with Crippen LogP contribution in [-0.2, 0) is 0 Å². The lowest BCUT2D eigenvalue weighted by molar-refractivity contribution is 0.0739. The number of hydrogen-bond acceptors (Lipinski definition) is 5. The zero-order valence-electron chi connectivity index (χ0n) is 12.8. The van der Waals surface area contributed by atoms with E-state index >= 15 is 0 Å². The Morgan fingerprint density at radius 2 is 1.79 bits per heavy atom. The molecule has 0 aliphatic carbocycles. The smallest absolute Gasteiger partial charge is 0.353 e. The van der Waals surface area contributed by atoms with Crippen LogP contribution in [0.2, 0.25) is 0 Å². The maximum Gasteiger partial charge on any atom is 0.353 e. The summed E-state index contributed by atoms with van der Waals surface area (Å²) in [4.78, 5) is 14.3. The summed E-state index contributed by atoms with van der Waals surface area (Å²) < 4.78 is 5.57. The third-order valence-corrected chi connectivity index (χ3v) is 4.39. The van der Waals surface area contributed by atoms with Gasteiger partial charge in [-0.05, 0) is 48.2 Å². The Balaban J connectivity index is 1.77. The Bertz CT molecular complexity index is 989. The van der Waals surface area contributed by atoms with Gasteiger partial charge in [0.15, 0.2) is 5.75 Å². The molecule has 0 amide bonds. The summed E-state index contributed by atoms with van der Waals surface area (Å²) in [5.41, 5.74) is 3.24. The summed E-state index contributed by atoms with van der Waals surface area (Å²) in [6.45, 7) is 1.97. The Morgan fingerprint density at radius 1 is 1.04 bits per heavy atom. The SMILES string of the molecule is Cc1ccc(OC(=O)c2cccs2)c(-n2nc3ccccc3n2)c1. The quantitative estimate of drug-likeness (QED) is 0.419. The summed E-state index contributed by atoms with van der Waals surface area (Å²) in [5.74, 6) is 0.0473. The maximum absolute atomic E-state index is 12.3. The van der Waals surface area contributed by atoms with Crippen molar-refractivity contribution >= 4 is 28.3 Å². The van der Waals surface area contributed by atoms with E-state index < -0.39 is 0 Å². The molecule has 0 aliphatic heterocycles. The van der Waals surface area contributed by atoms with Crippen molar-refractivity contribution in [1.82, 2.24) is 15.0 Å². The molecule has 0 atom stereocenters. The van der Waals surface area contributed by atoms with Gasteiger partial charge in [-0.15, -0.1) is 26.3 Å². The van der Waals surface area contributed by atoms with Crippen LogP contribution < -0.4 is 4.74 Å². The van der Waals surface area contributed by atoms with Gasteiger partial charge in [-0.25, -0.2) is 4.79 Å². The number of hydrogen-bond donors (Lipinski definition) is 0. The van der Waals surface area contributed by atoms with Crippen LogP contribution in [0, 0.1) is 6.92 Å². The van der Waals surface area contributed by atoms with Crippen LogP contribution in [-0.4, -0.2) is 21.0 Å². The fourth-order valence-corrected chi connectivity index (χ4v) is 2.98. The molecular weight excluding hydrogens is 322 g/mol. The van der Waals surface area contributed by atoms with Crippen LogP contribution >= 0.6 is 11.3 Å². The van der Waals surface area contributed by atoms with Crippen molar-refractivity contribution in [2.45, 2.75) is 6.92 Å². The van der Waals surface area contributed by atoms with E-state index in [-0.39, 0.29) is 5.97 Å². The predicted octanol–water partition coefficient (Wildman–Crippen LogP) is 4.01. The second-order valence-electron chi connectivity index (χ2n) is 5.32. The molecule has 5 nitrogen and oxygen atoms in total. The summed E-state index contributed by atoms with van der Waals surface area (Å²) in [5, 5.41) is 10.8. The van der Waals surface area contributed by atoms with Crippen molar-refractivity contribution in [2.75, 3.05) is 0 Å². The molecule has 0 aliphatic rings.